The first-order valence-electron chi connectivity index (χ1n) is 7.93. The van der Waals surface area contributed by atoms with Crippen LogP contribution in [0.3, 0.4) is 0 Å². The number of fused-ring (bicyclic) bond motifs is 3. The third-order valence-corrected chi connectivity index (χ3v) is 3.83. The summed E-state index contributed by atoms with van der Waals surface area (Å²) in [6, 6.07) is 12.0. The molecule has 0 aliphatic rings. The van der Waals surface area contributed by atoms with Crippen molar-refractivity contribution in [1.82, 2.24) is 0 Å². The van der Waals surface area contributed by atoms with E-state index in [1.807, 2.05) is 44.2 Å². The van der Waals surface area contributed by atoms with E-state index in [4.69, 9.17) is 18.9 Å². The Balaban J connectivity index is 0.00000100. The lowest BCUT2D eigenvalue weighted by molar-refractivity contribution is 0.327. The SMILES string of the molecule is CC.COc1ccc2c(ccc3cc(OC)c(OC)c(OC)c32)c1. The molecule has 0 saturated carbocycles. The zero-order valence-electron chi connectivity index (χ0n) is 15.1. The predicted octanol–water partition coefficient (Wildman–Crippen LogP) is 5.05. The zero-order valence-corrected chi connectivity index (χ0v) is 15.1. The largest absolute Gasteiger partial charge is 0.497 e. The van der Waals surface area contributed by atoms with Crippen LogP contribution < -0.4 is 18.9 Å². The van der Waals surface area contributed by atoms with Crippen molar-refractivity contribution < 1.29 is 18.9 Å². The van der Waals surface area contributed by atoms with Gasteiger partial charge < -0.3 is 18.9 Å². The second-order valence-corrected chi connectivity index (χ2v) is 4.90. The van der Waals surface area contributed by atoms with Gasteiger partial charge in [-0.2, -0.15) is 0 Å². The van der Waals surface area contributed by atoms with E-state index in [9.17, 15) is 0 Å². The average molecular weight is 328 g/mol. The molecule has 0 aliphatic heterocycles. The summed E-state index contributed by atoms with van der Waals surface area (Å²) in [5, 5.41) is 4.20. The van der Waals surface area contributed by atoms with Crippen molar-refractivity contribution in [1.29, 1.82) is 0 Å². The molecule has 0 bridgehead atoms. The molecule has 0 amide bonds. The van der Waals surface area contributed by atoms with Gasteiger partial charge in [0.15, 0.2) is 11.5 Å². The molecule has 3 rings (SSSR count). The number of ether oxygens (including phenoxy) is 4. The lowest BCUT2D eigenvalue weighted by Gasteiger charge is -2.16. The minimum Gasteiger partial charge on any atom is -0.497 e. The van der Waals surface area contributed by atoms with Gasteiger partial charge in [0.2, 0.25) is 5.75 Å². The maximum absolute atomic E-state index is 5.62. The first-order valence-corrected chi connectivity index (χ1v) is 7.93. The fourth-order valence-electron chi connectivity index (χ4n) is 2.80. The summed E-state index contributed by atoms with van der Waals surface area (Å²) in [5.74, 6) is 2.75. The van der Waals surface area contributed by atoms with Crippen molar-refractivity contribution >= 4 is 21.5 Å². The highest BCUT2D eigenvalue weighted by molar-refractivity contribution is 6.12. The van der Waals surface area contributed by atoms with Crippen molar-refractivity contribution in [3.63, 3.8) is 0 Å². The summed E-state index contributed by atoms with van der Waals surface area (Å²) in [6.45, 7) is 4.00. The molecule has 0 aromatic heterocycles. The maximum Gasteiger partial charge on any atom is 0.203 e. The molecule has 0 heterocycles. The smallest absolute Gasteiger partial charge is 0.203 e. The van der Waals surface area contributed by atoms with Gasteiger partial charge in [0.05, 0.1) is 28.4 Å². The normalized spacial score (nSPS) is 10.1. The summed E-state index contributed by atoms with van der Waals surface area (Å²) >= 11 is 0. The van der Waals surface area contributed by atoms with E-state index >= 15 is 0 Å². The molecule has 0 aliphatic carbocycles. The molecular weight excluding hydrogens is 304 g/mol. The van der Waals surface area contributed by atoms with Crippen LogP contribution in [0.1, 0.15) is 13.8 Å². The van der Waals surface area contributed by atoms with Crippen LogP contribution in [0.15, 0.2) is 36.4 Å². The molecular formula is C20H24O4. The quantitative estimate of drug-likeness (QED) is 0.628. The molecule has 0 atom stereocenters. The van der Waals surface area contributed by atoms with E-state index in [0.29, 0.717) is 17.2 Å². The van der Waals surface area contributed by atoms with Crippen LogP contribution in [0.2, 0.25) is 0 Å². The van der Waals surface area contributed by atoms with Crippen LogP contribution in [0.4, 0.5) is 0 Å². The van der Waals surface area contributed by atoms with Gasteiger partial charge in [-0.3, -0.25) is 0 Å². The Morgan fingerprint density at radius 1 is 0.625 bits per heavy atom. The summed E-state index contributed by atoms with van der Waals surface area (Å²) in [5.41, 5.74) is 0. The average Bonchev–Trinajstić information content (AvgIpc) is 2.66. The Morgan fingerprint density at radius 3 is 1.88 bits per heavy atom. The zero-order chi connectivity index (χ0) is 17.7. The van der Waals surface area contributed by atoms with Crippen LogP contribution in [0.5, 0.6) is 23.0 Å². The van der Waals surface area contributed by atoms with Crippen LogP contribution in [-0.4, -0.2) is 28.4 Å². The second kappa shape index (κ2) is 7.77. The molecule has 0 fully saturated rings. The number of hydrogen-bond acceptors (Lipinski definition) is 4. The van der Waals surface area contributed by atoms with Gasteiger partial charge in [0, 0.05) is 5.39 Å². The van der Waals surface area contributed by atoms with Gasteiger partial charge in [0.1, 0.15) is 5.75 Å². The fraction of sp³-hybridized carbons (Fsp3) is 0.300. The van der Waals surface area contributed by atoms with Crippen LogP contribution in [-0.2, 0) is 0 Å². The monoisotopic (exact) mass is 328 g/mol. The van der Waals surface area contributed by atoms with E-state index in [-0.39, 0.29) is 0 Å². The lowest BCUT2D eigenvalue weighted by atomic mass is 10.00. The Labute approximate surface area is 142 Å². The van der Waals surface area contributed by atoms with Gasteiger partial charge in [0.25, 0.3) is 0 Å². The third kappa shape index (κ3) is 2.92. The molecule has 3 aromatic rings. The topological polar surface area (TPSA) is 36.9 Å². The fourth-order valence-corrected chi connectivity index (χ4v) is 2.80. The van der Waals surface area contributed by atoms with Crippen LogP contribution >= 0.6 is 0 Å². The van der Waals surface area contributed by atoms with E-state index < -0.39 is 0 Å². The minimum absolute atomic E-state index is 0.598. The summed E-state index contributed by atoms with van der Waals surface area (Å²) < 4.78 is 21.8. The van der Waals surface area contributed by atoms with Crippen LogP contribution in [0.25, 0.3) is 21.5 Å². The highest BCUT2D eigenvalue weighted by Crippen LogP contribution is 2.46. The molecule has 4 nitrogen and oxygen atoms in total. The lowest BCUT2D eigenvalue weighted by Crippen LogP contribution is -1.96. The maximum atomic E-state index is 5.62. The number of methoxy groups -OCH3 is 4. The molecule has 128 valence electrons. The number of benzene rings is 3. The Hall–Kier alpha value is -2.62. The van der Waals surface area contributed by atoms with E-state index in [1.54, 1.807) is 28.4 Å². The Kier molecular flexibility index (Phi) is 5.74. The predicted molar refractivity (Wildman–Crippen MR) is 99.0 cm³/mol. The molecule has 24 heavy (non-hydrogen) atoms. The van der Waals surface area contributed by atoms with Gasteiger partial charge >= 0.3 is 0 Å². The summed E-state index contributed by atoms with van der Waals surface area (Å²) in [7, 11) is 6.53. The molecule has 4 heteroatoms. The molecule has 0 spiro atoms. The van der Waals surface area contributed by atoms with E-state index in [1.165, 1.54) is 0 Å². The number of hydrogen-bond donors (Lipinski definition) is 0. The van der Waals surface area contributed by atoms with Gasteiger partial charge in [-0.1, -0.05) is 26.0 Å². The van der Waals surface area contributed by atoms with Crippen molar-refractivity contribution in [2.75, 3.05) is 28.4 Å². The van der Waals surface area contributed by atoms with Gasteiger partial charge in [-0.05, 0) is 40.4 Å². The highest BCUT2D eigenvalue weighted by atomic mass is 16.5. The standard InChI is InChI=1S/C18H18O4.C2H6/c1-19-13-7-8-14-11(9-13)5-6-12-10-15(20-2)17(21-3)18(22-4)16(12)14;1-2/h5-10H,1-4H3;1-2H3. The van der Waals surface area contributed by atoms with Crippen molar-refractivity contribution in [2.45, 2.75) is 13.8 Å². The van der Waals surface area contributed by atoms with Crippen molar-refractivity contribution in [3.8, 4) is 23.0 Å². The molecule has 0 unspecified atom stereocenters. The van der Waals surface area contributed by atoms with E-state index in [2.05, 4.69) is 6.07 Å². The highest BCUT2D eigenvalue weighted by Gasteiger charge is 2.17. The Morgan fingerprint density at radius 2 is 1.29 bits per heavy atom. The first-order chi connectivity index (χ1) is 11.7. The van der Waals surface area contributed by atoms with Gasteiger partial charge in [-0.15, -0.1) is 0 Å². The van der Waals surface area contributed by atoms with Gasteiger partial charge in [-0.25, -0.2) is 0 Å². The first kappa shape index (κ1) is 17.7. The summed E-state index contributed by atoms with van der Waals surface area (Å²) in [4.78, 5) is 0. The molecule has 0 saturated heterocycles. The number of rotatable bonds is 4. The third-order valence-electron chi connectivity index (χ3n) is 3.83. The Bertz CT molecular complexity index is 840. The van der Waals surface area contributed by atoms with Crippen molar-refractivity contribution in [2.24, 2.45) is 0 Å². The molecule has 3 aromatic carbocycles. The van der Waals surface area contributed by atoms with Crippen LogP contribution in [0, 0.1) is 0 Å². The van der Waals surface area contributed by atoms with Crippen molar-refractivity contribution in [3.05, 3.63) is 36.4 Å². The summed E-state index contributed by atoms with van der Waals surface area (Å²) in [6.07, 6.45) is 0. The molecule has 0 radical (unpaired) electrons. The second-order valence-electron chi connectivity index (χ2n) is 4.90. The molecule has 0 N–H and O–H groups in total. The minimum atomic E-state index is 0.598. The van der Waals surface area contributed by atoms with E-state index in [0.717, 1.165) is 27.3 Å².